The monoisotopic (exact) mass is 382 g/mol. The molecule has 1 aromatic heterocycles. The van der Waals surface area contributed by atoms with Crippen LogP contribution in [0.3, 0.4) is 0 Å². The van der Waals surface area contributed by atoms with Crippen molar-refractivity contribution in [1.82, 2.24) is 14.3 Å². The van der Waals surface area contributed by atoms with Crippen LogP contribution in [0.5, 0.6) is 0 Å². The van der Waals surface area contributed by atoms with Crippen LogP contribution in [0.15, 0.2) is 47.6 Å². The largest absolute Gasteiger partial charge is 0.326 e. The molecule has 0 radical (unpaired) electrons. The molecule has 136 valence electrons. The smallest absolute Gasteiger partial charge is 0.246 e. The number of sulfonamides is 1. The summed E-state index contributed by atoms with van der Waals surface area (Å²) in [6, 6.07) is 9.10. The number of benzene rings is 1. The highest BCUT2D eigenvalue weighted by atomic mass is 35.5. The Labute approximate surface area is 154 Å². The standard InChI is InChI=1S/C17H22N4O2S.ClH/c1-13(18)16-9-5-6-10-21(16)24(22,23)15-11-19-17(20-12-15)14-7-3-2-4-8-14;/h2-4,7-8,11-13,16H,5-6,9-10,18H2,1H3;1H. The lowest BCUT2D eigenvalue weighted by Gasteiger charge is -2.36. The maximum atomic E-state index is 12.9. The molecule has 0 bridgehead atoms. The molecule has 2 atom stereocenters. The second kappa shape index (κ2) is 8.23. The molecule has 1 fully saturated rings. The molecule has 2 N–H and O–H groups in total. The van der Waals surface area contributed by atoms with Crippen molar-refractivity contribution in [2.75, 3.05) is 6.54 Å². The van der Waals surface area contributed by atoms with E-state index in [1.165, 1.54) is 16.7 Å². The van der Waals surface area contributed by atoms with Gasteiger partial charge in [-0.2, -0.15) is 4.31 Å². The van der Waals surface area contributed by atoms with E-state index in [0.29, 0.717) is 12.4 Å². The minimum Gasteiger partial charge on any atom is -0.326 e. The van der Waals surface area contributed by atoms with E-state index in [1.807, 2.05) is 37.3 Å². The van der Waals surface area contributed by atoms with Gasteiger partial charge < -0.3 is 5.73 Å². The summed E-state index contributed by atoms with van der Waals surface area (Å²) >= 11 is 0. The number of piperidine rings is 1. The van der Waals surface area contributed by atoms with Gasteiger partial charge in [0.1, 0.15) is 4.90 Å². The van der Waals surface area contributed by atoms with Crippen LogP contribution < -0.4 is 5.73 Å². The maximum absolute atomic E-state index is 12.9. The quantitative estimate of drug-likeness (QED) is 0.877. The van der Waals surface area contributed by atoms with Gasteiger partial charge in [-0.25, -0.2) is 18.4 Å². The van der Waals surface area contributed by atoms with Crippen LogP contribution >= 0.6 is 12.4 Å². The highest BCUT2D eigenvalue weighted by Crippen LogP contribution is 2.26. The molecule has 1 aliphatic heterocycles. The second-order valence-corrected chi connectivity index (χ2v) is 8.04. The minimum absolute atomic E-state index is 0. The Morgan fingerprint density at radius 1 is 1.16 bits per heavy atom. The summed E-state index contributed by atoms with van der Waals surface area (Å²) in [5, 5.41) is 0. The number of rotatable bonds is 4. The normalized spacial score (nSPS) is 19.8. The zero-order valence-corrected chi connectivity index (χ0v) is 15.7. The van der Waals surface area contributed by atoms with Crippen molar-refractivity contribution in [2.45, 2.75) is 43.2 Å². The van der Waals surface area contributed by atoms with Gasteiger partial charge in [0.25, 0.3) is 0 Å². The molecule has 2 unspecified atom stereocenters. The topological polar surface area (TPSA) is 89.2 Å². The maximum Gasteiger partial charge on any atom is 0.246 e. The van der Waals surface area contributed by atoms with Gasteiger partial charge in [0.05, 0.1) is 12.4 Å². The summed E-state index contributed by atoms with van der Waals surface area (Å²) in [5.74, 6) is 0.511. The van der Waals surface area contributed by atoms with Crippen LogP contribution in [0, 0.1) is 0 Å². The first-order chi connectivity index (χ1) is 11.5. The van der Waals surface area contributed by atoms with Crippen LogP contribution in [0.4, 0.5) is 0 Å². The Morgan fingerprint density at radius 3 is 2.40 bits per heavy atom. The average molecular weight is 383 g/mol. The number of nitrogens with zero attached hydrogens (tertiary/aromatic N) is 3. The van der Waals surface area contributed by atoms with Gasteiger partial charge in [0, 0.05) is 24.2 Å². The summed E-state index contributed by atoms with van der Waals surface area (Å²) in [6.45, 7) is 2.35. The van der Waals surface area contributed by atoms with E-state index in [4.69, 9.17) is 5.73 Å². The number of halogens is 1. The lowest BCUT2D eigenvalue weighted by Crippen LogP contribution is -2.51. The van der Waals surface area contributed by atoms with E-state index < -0.39 is 10.0 Å². The molecule has 0 spiro atoms. The lowest BCUT2D eigenvalue weighted by atomic mass is 10.00. The van der Waals surface area contributed by atoms with Crippen molar-refractivity contribution in [3.63, 3.8) is 0 Å². The van der Waals surface area contributed by atoms with Crippen molar-refractivity contribution in [3.8, 4) is 11.4 Å². The zero-order chi connectivity index (χ0) is 17.2. The molecule has 1 aromatic carbocycles. The molecule has 25 heavy (non-hydrogen) atoms. The van der Waals surface area contributed by atoms with Crippen LogP contribution in [0.1, 0.15) is 26.2 Å². The Morgan fingerprint density at radius 2 is 1.80 bits per heavy atom. The van der Waals surface area contributed by atoms with E-state index in [9.17, 15) is 8.42 Å². The fraction of sp³-hybridized carbons (Fsp3) is 0.412. The van der Waals surface area contributed by atoms with Crippen molar-refractivity contribution in [2.24, 2.45) is 5.73 Å². The molecule has 6 nitrogen and oxygen atoms in total. The van der Waals surface area contributed by atoms with Gasteiger partial charge in [-0.1, -0.05) is 36.8 Å². The van der Waals surface area contributed by atoms with Crippen LogP contribution in [-0.4, -0.2) is 41.3 Å². The number of hydrogen-bond donors (Lipinski definition) is 1. The number of nitrogens with two attached hydrogens (primary N) is 1. The molecular formula is C17H23ClN4O2S. The van der Waals surface area contributed by atoms with E-state index in [0.717, 1.165) is 24.8 Å². The second-order valence-electron chi connectivity index (χ2n) is 6.15. The van der Waals surface area contributed by atoms with Gasteiger partial charge in [-0.3, -0.25) is 0 Å². The summed E-state index contributed by atoms with van der Waals surface area (Å²) < 4.78 is 27.4. The van der Waals surface area contributed by atoms with Crippen molar-refractivity contribution < 1.29 is 8.42 Å². The molecule has 1 saturated heterocycles. The highest BCUT2D eigenvalue weighted by Gasteiger charge is 2.35. The first kappa shape index (κ1) is 19.8. The third-order valence-electron chi connectivity index (χ3n) is 4.37. The Bertz CT molecular complexity index is 782. The first-order valence-corrected chi connectivity index (χ1v) is 9.59. The summed E-state index contributed by atoms with van der Waals surface area (Å²) in [6.07, 6.45) is 5.42. The summed E-state index contributed by atoms with van der Waals surface area (Å²) in [4.78, 5) is 8.58. The third kappa shape index (κ3) is 4.17. The van der Waals surface area contributed by atoms with Crippen molar-refractivity contribution in [3.05, 3.63) is 42.7 Å². The van der Waals surface area contributed by atoms with E-state index in [2.05, 4.69) is 9.97 Å². The van der Waals surface area contributed by atoms with Crippen LogP contribution in [0.25, 0.3) is 11.4 Å². The summed E-state index contributed by atoms with van der Waals surface area (Å²) in [5.41, 5.74) is 6.85. The molecule has 0 aliphatic carbocycles. The predicted molar refractivity (Wildman–Crippen MR) is 99.9 cm³/mol. The van der Waals surface area contributed by atoms with Gasteiger partial charge in [-0.05, 0) is 19.8 Å². The Balaban J connectivity index is 0.00000225. The molecule has 2 aromatic rings. The Kier molecular flexibility index (Phi) is 6.51. The van der Waals surface area contributed by atoms with Crippen LogP contribution in [-0.2, 0) is 10.0 Å². The minimum atomic E-state index is -3.63. The van der Waals surface area contributed by atoms with Gasteiger partial charge in [0.2, 0.25) is 10.0 Å². The molecule has 2 heterocycles. The summed E-state index contributed by atoms with van der Waals surface area (Å²) in [7, 11) is -3.63. The van der Waals surface area contributed by atoms with E-state index >= 15 is 0 Å². The third-order valence-corrected chi connectivity index (χ3v) is 6.25. The molecule has 8 heteroatoms. The molecule has 0 amide bonds. The van der Waals surface area contributed by atoms with E-state index in [-0.39, 0.29) is 29.4 Å². The fourth-order valence-corrected chi connectivity index (χ4v) is 4.74. The average Bonchev–Trinajstić information content (AvgIpc) is 2.62. The molecule has 1 aliphatic rings. The lowest BCUT2D eigenvalue weighted by molar-refractivity contribution is 0.227. The fourth-order valence-electron chi connectivity index (χ4n) is 3.08. The van der Waals surface area contributed by atoms with E-state index in [1.54, 1.807) is 0 Å². The zero-order valence-electron chi connectivity index (χ0n) is 14.1. The molecular weight excluding hydrogens is 360 g/mol. The SMILES string of the molecule is CC(N)C1CCCCN1S(=O)(=O)c1cnc(-c2ccccc2)nc1.Cl. The number of hydrogen-bond acceptors (Lipinski definition) is 5. The van der Waals surface area contributed by atoms with Crippen molar-refractivity contribution >= 4 is 22.4 Å². The molecule has 3 rings (SSSR count). The van der Waals surface area contributed by atoms with Crippen LogP contribution in [0.2, 0.25) is 0 Å². The number of aromatic nitrogens is 2. The predicted octanol–water partition coefficient (Wildman–Crippen LogP) is 2.46. The van der Waals surface area contributed by atoms with Crippen molar-refractivity contribution in [1.29, 1.82) is 0 Å². The van der Waals surface area contributed by atoms with Gasteiger partial charge >= 0.3 is 0 Å². The highest BCUT2D eigenvalue weighted by molar-refractivity contribution is 7.89. The molecule has 0 saturated carbocycles. The Hall–Kier alpha value is -1.54. The first-order valence-electron chi connectivity index (χ1n) is 8.15. The van der Waals surface area contributed by atoms with Gasteiger partial charge in [0.15, 0.2) is 5.82 Å². The van der Waals surface area contributed by atoms with Gasteiger partial charge in [-0.15, -0.1) is 12.4 Å².